The van der Waals surface area contributed by atoms with Gasteiger partial charge in [-0.15, -0.1) is 0 Å². The van der Waals surface area contributed by atoms with Crippen molar-refractivity contribution in [2.75, 3.05) is 32.1 Å². The monoisotopic (exact) mass is 300 g/mol. The number of nitrogens with zero attached hydrogens (tertiary/aromatic N) is 2. The second-order valence-corrected chi connectivity index (χ2v) is 6.60. The molecule has 1 N–H and O–H groups in total. The fraction of sp³-hybridized carbons (Fsp3) is 0.462. The van der Waals surface area contributed by atoms with Crippen LogP contribution in [0.15, 0.2) is 29.2 Å². The maximum atomic E-state index is 12.3. The third kappa shape index (κ3) is 3.71. The third-order valence-electron chi connectivity index (χ3n) is 2.94. The largest absolute Gasteiger partial charge is 0.481 e. The van der Waals surface area contributed by atoms with Crippen LogP contribution in [0.1, 0.15) is 13.3 Å². The highest BCUT2D eigenvalue weighted by atomic mass is 32.2. The maximum absolute atomic E-state index is 12.3. The average Bonchev–Trinajstić information content (AvgIpc) is 2.39. The lowest BCUT2D eigenvalue weighted by molar-refractivity contribution is -0.136. The van der Waals surface area contributed by atoms with Crippen molar-refractivity contribution in [3.63, 3.8) is 0 Å². The summed E-state index contributed by atoms with van der Waals surface area (Å²) < 4.78 is 25.7. The molecule has 0 aliphatic rings. The molecule has 1 rings (SSSR count). The number of carbonyl (C=O) groups is 1. The van der Waals surface area contributed by atoms with Crippen LogP contribution >= 0.6 is 0 Å². The molecular weight excluding hydrogens is 280 g/mol. The Kier molecular flexibility index (Phi) is 5.52. The van der Waals surface area contributed by atoms with Crippen LogP contribution in [0.5, 0.6) is 0 Å². The van der Waals surface area contributed by atoms with Crippen LogP contribution in [0.4, 0.5) is 5.69 Å². The SMILES string of the molecule is CCN(CCC(=O)O)c1ccccc1S(=O)(=O)N(C)C. The molecule has 0 spiro atoms. The van der Waals surface area contributed by atoms with Gasteiger partial charge in [-0.05, 0) is 19.1 Å². The number of benzene rings is 1. The van der Waals surface area contributed by atoms with Crippen molar-refractivity contribution in [2.24, 2.45) is 0 Å². The normalized spacial score (nSPS) is 11.6. The van der Waals surface area contributed by atoms with Gasteiger partial charge in [-0.25, -0.2) is 12.7 Å². The van der Waals surface area contributed by atoms with E-state index >= 15 is 0 Å². The summed E-state index contributed by atoms with van der Waals surface area (Å²) in [6, 6.07) is 6.63. The van der Waals surface area contributed by atoms with E-state index < -0.39 is 16.0 Å². The molecule has 112 valence electrons. The van der Waals surface area contributed by atoms with Crippen molar-refractivity contribution in [3.8, 4) is 0 Å². The summed E-state index contributed by atoms with van der Waals surface area (Å²) in [6.07, 6.45) is -0.0375. The Labute approximate surface area is 119 Å². The Balaban J connectivity index is 3.21. The molecule has 7 heteroatoms. The van der Waals surface area contributed by atoms with Crippen molar-refractivity contribution >= 4 is 21.7 Å². The lowest BCUT2D eigenvalue weighted by atomic mass is 10.2. The lowest BCUT2D eigenvalue weighted by Gasteiger charge is -2.25. The predicted molar refractivity (Wildman–Crippen MR) is 77.5 cm³/mol. The van der Waals surface area contributed by atoms with E-state index in [9.17, 15) is 13.2 Å². The minimum absolute atomic E-state index is 0.0375. The molecule has 0 fully saturated rings. The number of sulfonamides is 1. The minimum atomic E-state index is -3.56. The van der Waals surface area contributed by atoms with Crippen molar-refractivity contribution < 1.29 is 18.3 Å². The van der Waals surface area contributed by atoms with E-state index in [-0.39, 0.29) is 17.9 Å². The maximum Gasteiger partial charge on any atom is 0.305 e. The van der Waals surface area contributed by atoms with Crippen LogP contribution < -0.4 is 4.90 Å². The van der Waals surface area contributed by atoms with Crippen LogP contribution in [0.25, 0.3) is 0 Å². The number of anilines is 1. The number of hydrogen-bond acceptors (Lipinski definition) is 4. The highest BCUT2D eigenvalue weighted by Crippen LogP contribution is 2.26. The fourth-order valence-corrected chi connectivity index (χ4v) is 2.92. The zero-order valence-corrected chi connectivity index (χ0v) is 12.7. The number of para-hydroxylation sites is 1. The van der Waals surface area contributed by atoms with Crippen LogP contribution in [-0.2, 0) is 14.8 Å². The number of rotatable bonds is 7. The molecule has 0 radical (unpaired) electrons. The van der Waals surface area contributed by atoms with Gasteiger partial charge in [0.05, 0.1) is 12.1 Å². The molecule has 0 aliphatic heterocycles. The Morgan fingerprint density at radius 3 is 2.35 bits per heavy atom. The van der Waals surface area contributed by atoms with Gasteiger partial charge < -0.3 is 10.0 Å². The summed E-state index contributed by atoms with van der Waals surface area (Å²) >= 11 is 0. The molecule has 20 heavy (non-hydrogen) atoms. The number of carboxylic acid groups (broad SMARTS) is 1. The van der Waals surface area contributed by atoms with Gasteiger partial charge in [0, 0.05) is 27.2 Å². The van der Waals surface area contributed by atoms with Gasteiger partial charge in [-0.3, -0.25) is 4.79 Å². The van der Waals surface area contributed by atoms with Crippen LogP contribution in [-0.4, -0.2) is 51.0 Å². The predicted octanol–water partition coefficient (Wildman–Crippen LogP) is 1.24. The Hall–Kier alpha value is -1.60. The molecule has 0 unspecified atom stereocenters. The van der Waals surface area contributed by atoms with Crippen molar-refractivity contribution in [1.29, 1.82) is 0 Å². The number of carboxylic acids is 1. The molecule has 0 saturated carbocycles. The van der Waals surface area contributed by atoms with Gasteiger partial charge in [-0.2, -0.15) is 0 Å². The molecule has 0 amide bonds. The first kappa shape index (κ1) is 16.5. The smallest absolute Gasteiger partial charge is 0.305 e. The van der Waals surface area contributed by atoms with Gasteiger partial charge in [0.15, 0.2) is 0 Å². The first-order valence-corrected chi connectivity index (χ1v) is 7.73. The van der Waals surface area contributed by atoms with Gasteiger partial charge in [0.1, 0.15) is 4.90 Å². The van der Waals surface area contributed by atoms with E-state index in [1.54, 1.807) is 23.1 Å². The lowest BCUT2D eigenvalue weighted by Crippen LogP contribution is -2.30. The molecule has 0 aliphatic carbocycles. The van der Waals surface area contributed by atoms with Crippen LogP contribution in [0.3, 0.4) is 0 Å². The topological polar surface area (TPSA) is 77.9 Å². The molecule has 0 saturated heterocycles. The highest BCUT2D eigenvalue weighted by molar-refractivity contribution is 7.89. The molecule has 1 aromatic carbocycles. The van der Waals surface area contributed by atoms with Gasteiger partial charge in [0.2, 0.25) is 10.0 Å². The molecule has 0 heterocycles. The van der Waals surface area contributed by atoms with E-state index in [2.05, 4.69) is 0 Å². The standard InChI is InChI=1S/C13H20N2O4S/c1-4-15(10-9-13(16)17)11-7-5-6-8-12(11)20(18,19)14(2)3/h5-8H,4,9-10H2,1-3H3,(H,16,17). The number of aliphatic carboxylic acids is 1. The van der Waals surface area contributed by atoms with Crippen molar-refractivity contribution in [3.05, 3.63) is 24.3 Å². The van der Waals surface area contributed by atoms with Crippen molar-refractivity contribution in [1.82, 2.24) is 4.31 Å². The Morgan fingerprint density at radius 1 is 1.25 bits per heavy atom. The van der Waals surface area contributed by atoms with Gasteiger partial charge in [0.25, 0.3) is 0 Å². The second kappa shape index (κ2) is 6.71. The molecule has 6 nitrogen and oxygen atoms in total. The van der Waals surface area contributed by atoms with E-state index in [0.717, 1.165) is 4.31 Å². The molecule has 0 aromatic heterocycles. The Morgan fingerprint density at radius 2 is 1.85 bits per heavy atom. The quantitative estimate of drug-likeness (QED) is 0.819. The van der Waals surface area contributed by atoms with Crippen molar-refractivity contribution in [2.45, 2.75) is 18.2 Å². The summed E-state index contributed by atoms with van der Waals surface area (Å²) in [5.41, 5.74) is 0.532. The third-order valence-corrected chi connectivity index (χ3v) is 4.80. The molecular formula is C13H20N2O4S. The zero-order valence-electron chi connectivity index (χ0n) is 11.9. The number of hydrogen-bond donors (Lipinski definition) is 1. The van der Waals surface area contributed by atoms with Crippen LogP contribution in [0, 0.1) is 0 Å². The molecule has 0 bridgehead atoms. The van der Waals surface area contributed by atoms with E-state index in [1.165, 1.54) is 20.2 Å². The zero-order chi connectivity index (χ0) is 15.3. The fourth-order valence-electron chi connectivity index (χ4n) is 1.81. The van der Waals surface area contributed by atoms with E-state index in [1.807, 2.05) is 6.92 Å². The van der Waals surface area contributed by atoms with E-state index in [4.69, 9.17) is 5.11 Å². The first-order chi connectivity index (χ1) is 9.30. The highest BCUT2D eigenvalue weighted by Gasteiger charge is 2.23. The summed E-state index contributed by atoms with van der Waals surface area (Å²) in [7, 11) is -0.613. The average molecular weight is 300 g/mol. The Bertz CT molecular complexity index is 569. The van der Waals surface area contributed by atoms with Crippen LogP contribution in [0.2, 0.25) is 0 Å². The minimum Gasteiger partial charge on any atom is -0.481 e. The van der Waals surface area contributed by atoms with Gasteiger partial charge >= 0.3 is 5.97 Å². The molecule has 0 atom stereocenters. The van der Waals surface area contributed by atoms with E-state index in [0.29, 0.717) is 12.2 Å². The first-order valence-electron chi connectivity index (χ1n) is 6.29. The second-order valence-electron chi connectivity index (χ2n) is 4.48. The summed E-state index contributed by atoms with van der Waals surface area (Å²) in [6.45, 7) is 2.67. The van der Waals surface area contributed by atoms with Gasteiger partial charge in [-0.1, -0.05) is 12.1 Å². The summed E-state index contributed by atoms with van der Waals surface area (Å²) in [5, 5.41) is 8.77. The summed E-state index contributed by atoms with van der Waals surface area (Å²) in [5.74, 6) is -0.906. The molecule has 1 aromatic rings. The summed E-state index contributed by atoms with van der Waals surface area (Å²) in [4.78, 5) is 12.6.